The fourth-order valence-electron chi connectivity index (χ4n) is 2.47. The second-order valence-corrected chi connectivity index (χ2v) is 8.69. The number of carbonyl (C=O) groups is 1. The van der Waals surface area contributed by atoms with E-state index >= 15 is 0 Å². The number of nitrogens with one attached hydrogen (secondary N) is 2. The van der Waals surface area contributed by atoms with Gasteiger partial charge < -0.3 is 14.5 Å². The van der Waals surface area contributed by atoms with Gasteiger partial charge in [-0.3, -0.25) is 4.79 Å². The van der Waals surface area contributed by atoms with Crippen LogP contribution < -0.4 is 14.8 Å². The Morgan fingerprint density at radius 3 is 2.53 bits per heavy atom. The van der Waals surface area contributed by atoms with Crippen LogP contribution in [-0.2, 0) is 16.6 Å². The van der Waals surface area contributed by atoms with Gasteiger partial charge in [-0.1, -0.05) is 23.2 Å². The minimum Gasteiger partial charge on any atom is -0.492 e. The number of ether oxygens (including phenoxy) is 1. The summed E-state index contributed by atoms with van der Waals surface area (Å²) >= 11 is 11.9. The molecule has 0 aliphatic rings. The normalized spacial score (nSPS) is 11.3. The highest BCUT2D eigenvalue weighted by Gasteiger charge is 2.20. The molecule has 2 N–H and O–H groups in total. The Balaban J connectivity index is 1.59. The summed E-state index contributed by atoms with van der Waals surface area (Å²) in [4.78, 5) is 12.2. The van der Waals surface area contributed by atoms with Crippen LogP contribution in [0.4, 0.5) is 0 Å². The number of amides is 1. The highest BCUT2D eigenvalue weighted by molar-refractivity contribution is 7.89. The average molecular weight is 469 g/mol. The highest BCUT2D eigenvalue weighted by atomic mass is 35.5. The third-order valence-corrected chi connectivity index (χ3v) is 6.10. The van der Waals surface area contributed by atoms with Crippen LogP contribution in [0, 0.1) is 0 Å². The number of hydrogen-bond acceptors (Lipinski definition) is 5. The number of sulfonamides is 1. The van der Waals surface area contributed by atoms with Crippen LogP contribution in [0.15, 0.2) is 70.2 Å². The Bertz CT molecular complexity index is 1100. The lowest BCUT2D eigenvalue weighted by Gasteiger charge is -2.11. The smallest absolute Gasteiger partial charge is 0.251 e. The van der Waals surface area contributed by atoms with Crippen LogP contribution in [0.25, 0.3) is 0 Å². The fourth-order valence-corrected chi connectivity index (χ4v) is 4.12. The van der Waals surface area contributed by atoms with Gasteiger partial charge in [0, 0.05) is 10.6 Å². The molecule has 1 amide bonds. The molecule has 0 saturated heterocycles. The van der Waals surface area contributed by atoms with E-state index in [2.05, 4.69) is 10.0 Å². The van der Waals surface area contributed by atoms with Crippen molar-refractivity contribution in [3.05, 3.63) is 82.2 Å². The molecular weight excluding hydrogens is 451 g/mol. The SMILES string of the molecule is O=C(NCCOc1ccc(Cl)cc1)c1ccc(Cl)c(S(=O)(=O)NCc2ccco2)c1. The Labute approximate surface area is 184 Å². The lowest BCUT2D eigenvalue weighted by atomic mass is 10.2. The Morgan fingerprint density at radius 1 is 1.07 bits per heavy atom. The molecule has 3 aromatic rings. The van der Waals surface area contributed by atoms with Gasteiger partial charge in [-0.25, -0.2) is 13.1 Å². The molecule has 3 rings (SSSR count). The van der Waals surface area contributed by atoms with Gasteiger partial charge in [-0.05, 0) is 54.6 Å². The molecule has 0 fully saturated rings. The average Bonchev–Trinajstić information content (AvgIpc) is 3.25. The third kappa shape index (κ3) is 5.99. The standard InChI is InChI=1S/C20H18Cl2N2O5S/c21-15-4-6-16(7-5-15)29-11-9-23-20(25)14-3-8-18(22)19(12-14)30(26,27)24-13-17-2-1-10-28-17/h1-8,10,12,24H,9,11,13H2,(H,23,25). The van der Waals surface area contributed by atoms with Crippen LogP contribution in [-0.4, -0.2) is 27.5 Å². The van der Waals surface area contributed by atoms with Crippen molar-refractivity contribution in [1.29, 1.82) is 0 Å². The summed E-state index contributed by atoms with van der Waals surface area (Å²) in [7, 11) is -3.95. The maximum Gasteiger partial charge on any atom is 0.251 e. The summed E-state index contributed by atoms with van der Waals surface area (Å²) < 4.78 is 38.1. The van der Waals surface area contributed by atoms with Crippen molar-refractivity contribution >= 4 is 39.1 Å². The first-order chi connectivity index (χ1) is 14.3. The van der Waals surface area contributed by atoms with Crippen LogP contribution in [0.2, 0.25) is 10.0 Å². The van der Waals surface area contributed by atoms with Crippen molar-refractivity contribution in [3.63, 3.8) is 0 Å². The molecule has 0 bridgehead atoms. The molecule has 0 aliphatic carbocycles. The molecule has 0 aliphatic heterocycles. The maximum atomic E-state index is 12.6. The predicted molar refractivity (Wildman–Crippen MR) is 113 cm³/mol. The molecular formula is C20H18Cl2N2O5S. The lowest BCUT2D eigenvalue weighted by molar-refractivity contribution is 0.0947. The van der Waals surface area contributed by atoms with Gasteiger partial charge in [0.25, 0.3) is 5.91 Å². The topological polar surface area (TPSA) is 97.6 Å². The summed E-state index contributed by atoms with van der Waals surface area (Å²) in [6.45, 7) is 0.420. The van der Waals surface area contributed by atoms with Gasteiger partial charge in [-0.15, -0.1) is 0 Å². The molecule has 0 spiro atoms. The van der Waals surface area contributed by atoms with E-state index in [1.165, 1.54) is 24.5 Å². The molecule has 10 heteroatoms. The third-order valence-electron chi connectivity index (χ3n) is 3.97. The van der Waals surface area contributed by atoms with Crippen LogP contribution in [0.5, 0.6) is 5.75 Å². The van der Waals surface area contributed by atoms with Gasteiger partial charge in [0.1, 0.15) is 23.0 Å². The molecule has 0 radical (unpaired) electrons. The molecule has 0 unspecified atom stereocenters. The molecule has 2 aromatic carbocycles. The largest absolute Gasteiger partial charge is 0.492 e. The van der Waals surface area contributed by atoms with Gasteiger partial charge in [0.15, 0.2) is 0 Å². The van der Waals surface area contributed by atoms with Crippen molar-refractivity contribution in [2.45, 2.75) is 11.4 Å². The number of benzene rings is 2. The Morgan fingerprint density at radius 2 is 1.83 bits per heavy atom. The van der Waals surface area contributed by atoms with Crippen molar-refractivity contribution in [2.75, 3.05) is 13.2 Å². The molecule has 158 valence electrons. The second kappa shape index (κ2) is 9.99. The second-order valence-electron chi connectivity index (χ2n) is 6.11. The Hall–Kier alpha value is -2.52. The van der Waals surface area contributed by atoms with Gasteiger partial charge >= 0.3 is 0 Å². The van der Waals surface area contributed by atoms with E-state index in [9.17, 15) is 13.2 Å². The maximum absolute atomic E-state index is 12.6. The molecule has 1 heterocycles. The summed E-state index contributed by atoms with van der Waals surface area (Å²) in [5.74, 6) is 0.620. The van der Waals surface area contributed by atoms with E-state index in [1.807, 2.05) is 0 Å². The minimum absolute atomic E-state index is 0.00423. The van der Waals surface area contributed by atoms with Crippen LogP contribution in [0.1, 0.15) is 16.1 Å². The van der Waals surface area contributed by atoms with Gasteiger partial charge in [-0.2, -0.15) is 0 Å². The molecule has 0 saturated carbocycles. The highest BCUT2D eigenvalue weighted by Crippen LogP contribution is 2.23. The quantitative estimate of drug-likeness (QED) is 0.464. The molecule has 7 nitrogen and oxygen atoms in total. The summed E-state index contributed by atoms with van der Waals surface area (Å²) in [5, 5.41) is 3.27. The van der Waals surface area contributed by atoms with Crippen LogP contribution in [0.3, 0.4) is 0 Å². The van der Waals surface area contributed by atoms with E-state index in [0.29, 0.717) is 16.5 Å². The first-order valence-electron chi connectivity index (χ1n) is 8.83. The molecule has 30 heavy (non-hydrogen) atoms. The van der Waals surface area contributed by atoms with E-state index in [1.54, 1.807) is 36.4 Å². The number of rotatable bonds is 9. The van der Waals surface area contributed by atoms with Crippen molar-refractivity contribution in [3.8, 4) is 5.75 Å². The summed E-state index contributed by atoms with van der Waals surface area (Å²) in [6.07, 6.45) is 1.44. The monoisotopic (exact) mass is 468 g/mol. The van der Waals surface area contributed by atoms with Gasteiger partial charge in [0.05, 0.1) is 24.4 Å². The van der Waals surface area contributed by atoms with E-state index in [4.69, 9.17) is 32.4 Å². The fraction of sp³-hybridized carbons (Fsp3) is 0.150. The molecule has 1 aromatic heterocycles. The lowest BCUT2D eigenvalue weighted by Crippen LogP contribution is -2.29. The number of furan rings is 1. The first kappa shape index (κ1) is 22.2. The van der Waals surface area contributed by atoms with Crippen molar-refractivity contribution in [1.82, 2.24) is 10.0 Å². The molecule has 0 atom stereocenters. The number of halogens is 2. The van der Waals surface area contributed by atoms with Crippen molar-refractivity contribution in [2.24, 2.45) is 0 Å². The van der Waals surface area contributed by atoms with Crippen LogP contribution >= 0.6 is 23.2 Å². The van der Waals surface area contributed by atoms with Crippen molar-refractivity contribution < 1.29 is 22.4 Å². The summed E-state index contributed by atoms with van der Waals surface area (Å²) in [6, 6.07) is 14.2. The Kier molecular flexibility index (Phi) is 7.38. The summed E-state index contributed by atoms with van der Waals surface area (Å²) in [5.41, 5.74) is 0.157. The number of hydrogen-bond donors (Lipinski definition) is 2. The zero-order chi connectivity index (χ0) is 21.6. The van der Waals surface area contributed by atoms with E-state index < -0.39 is 15.9 Å². The zero-order valence-corrected chi connectivity index (χ0v) is 17.9. The van der Waals surface area contributed by atoms with E-state index in [0.717, 1.165) is 0 Å². The first-order valence-corrected chi connectivity index (χ1v) is 11.1. The number of carbonyl (C=O) groups excluding carboxylic acids is 1. The van der Waals surface area contributed by atoms with Gasteiger partial charge in [0.2, 0.25) is 10.0 Å². The zero-order valence-electron chi connectivity index (χ0n) is 15.6. The minimum atomic E-state index is -3.95. The van der Waals surface area contributed by atoms with E-state index in [-0.39, 0.29) is 35.2 Å². The predicted octanol–water partition coefficient (Wildman–Crippen LogP) is 3.87.